The number of carbonyl (C=O) groups excluding carboxylic acids is 1. The molecule has 216 valence electrons. The summed E-state index contributed by atoms with van der Waals surface area (Å²) in [6, 6.07) is 12.9. The number of amides is 1. The number of fused-ring (bicyclic) bond motifs is 1. The Morgan fingerprint density at radius 3 is 2.38 bits per heavy atom. The van der Waals surface area contributed by atoms with Gasteiger partial charge in [0.15, 0.2) is 0 Å². The molecule has 3 N–H and O–H groups in total. The second kappa shape index (κ2) is 17.6. The summed E-state index contributed by atoms with van der Waals surface area (Å²) >= 11 is 6.28. The highest BCUT2D eigenvalue weighted by Gasteiger charge is 2.21. The van der Waals surface area contributed by atoms with Crippen LogP contribution in [0.3, 0.4) is 0 Å². The summed E-state index contributed by atoms with van der Waals surface area (Å²) in [5.74, 6) is 7.77. The molecule has 3 aromatic rings. The lowest BCUT2D eigenvalue weighted by Crippen LogP contribution is -2.40. The van der Waals surface area contributed by atoms with Crippen molar-refractivity contribution in [1.29, 1.82) is 0 Å². The molecule has 0 aliphatic heterocycles. The number of rotatable bonds is 10. The van der Waals surface area contributed by atoms with Gasteiger partial charge in [0.2, 0.25) is 0 Å². The molecule has 6 nitrogen and oxygen atoms in total. The monoisotopic (exact) mass is 564 g/mol. The van der Waals surface area contributed by atoms with Gasteiger partial charge in [-0.05, 0) is 68.2 Å². The molecule has 0 radical (unpaired) electrons. The van der Waals surface area contributed by atoms with Gasteiger partial charge in [-0.2, -0.15) is 0 Å². The summed E-state index contributed by atoms with van der Waals surface area (Å²) < 4.78 is 0. The van der Waals surface area contributed by atoms with Gasteiger partial charge in [0.1, 0.15) is 5.82 Å². The van der Waals surface area contributed by atoms with Gasteiger partial charge < -0.3 is 20.6 Å². The number of nitrogens with zero attached hydrogens (tertiary/aromatic N) is 2. The smallest absolute Gasteiger partial charge is 0.251 e. The molecule has 7 heteroatoms. The topological polar surface area (TPSA) is 77.5 Å². The van der Waals surface area contributed by atoms with Crippen molar-refractivity contribution in [3.63, 3.8) is 0 Å². The van der Waals surface area contributed by atoms with E-state index >= 15 is 0 Å². The minimum atomic E-state index is -0.607. The van der Waals surface area contributed by atoms with Crippen molar-refractivity contribution < 1.29 is 9.90 Å². The fourth-order valence-electron chi connectivity index (χ4n) is 4.00. The number of anilines is 1. The Kier molecular flexibility index (Phi) is 14.5. The predicted octanol–water partition coefficient (Wildman–Crippen LogP) is 6.59. The fourth-order valence-corrected chi connectivity index (χ4v) is 4.18. The third kappa shape index (κ3) is 10.1. The third-order valence-corrected chi connectivity index (χ3v) is 6.68. The Balaban J connectivity index is 0.00000134. The molecule has 1 unspecified atom stereocenters. The average molecular weight is 565 g/mol. The van der Waals surface area contributed by atoms with Gasteiger partial charge in [-0.15, -0.1) is 0 Å². The standard InChI is InChI=1S/C29H33ClN4O2.2C2H6/c1-3-34(4-2)19-25(35)18-33-29(36)22-10-7-20(8-11-22)9-14-26-27-15-24(30)13-12-23(27)17-32-28(26)31-16-21-5-6-21;2*1-2/h7-8,10-13,15,17,21,25,35H,3-6,16,18-19H2,1-2H3,(H,31,32)(H,33,36);2*1-2H3. The summed E-state index contributed by atoms with van der Waals surface area (Å²) in [7, 11) is 0. The molecule has 0 spiro atoms. The first-order valence-corrected chi connectivity index (χ1v) is 15.0. The van der Waals surface area contributed by atoms with E-state index in [4.69, 9.17) is 11.6 Å². The molecule has 1 heterocycles. The van der Waals surface area contributed by atoms with Crippen LogP contribution in [0.25, 0.3) is 10.8 Å². The lowest BCUT2D eigenvalue weighted by atomic mass is 10.1. The zero-order valence-corrected chi connectivity index (χ0v) is 25.6. The molecule has 1 amide bonds. The molecule has 1 fully saturated rings. The summed E-state index contributed by atoms with van der Waals surface area (Å²) in [5.41, 5.74) is 2.14. The lowest BCUT2D eigenvalue weighted by molar-refractivity contribution is 0.0869. The fraction of sp³-hybridized carbons (Fsp3) is 0.455. The van der Waals surface area contributed by atoms with Crippen LogP contribution >= 0.6 is 11.6 Å². The number of benzene rings is 2. The van der Waals surface area contributed by atoms with Gasteiger partial charge in [0.05, 0.1) is 11.7 Å². The summed E-state index contributed by atoms with van der Waals surface area (Å²) in [6.07, 6.45) is 3.74. The minimum Gasteiger partial charge on any atom is -0.390 e. The van der Waals surface area contributed by atoms with E-state index in [1.807, 2.05) is 64.2 Å². The number of carbonyl (C=O) groups is 1. The van der Waals surface area contributed by atoms with E-state index in [2.05, 4.69) is 46.2 Å². The first-order valence-electron chi connectivity index (χ1n) is 14.6. The van der Waals surface area contributed by atoms with E-state index in [-0.39, 0.29) is 12.5 Å². The van der Waals surface area contributed by atoms with E-state index in [1.165, 1.54) is 12.8 Å². The number of aliphatic hydroxyl groups excluding tert-OH is 1. The van der Waals surface area contributed by atoms with Crippen LogP contribution in [-0.2, 0) is 0 Å². The van der Waals surface area contributed by atoms with E-state index in [0.29, 0.717) is 23.0 Å². The van der Waals surface area contributed by atoms with E-state index in [0.717, 1.165) is 47.4 Å². The van der Waals surface area contributed by atoms with Crippen molar-refractivity contribution in [1.82, 2.24) is 15.2 Å². The van der Waals surface area contributed by atoms with Crippen LogP contribution in [0.5, 0.6) is 0 Å². The molecule has 1 atom stereocenters. The van der Waals surface area contributed by atoms with Gasteiger partial charge in [-0.1, -0.05) is 71.1 Å². The number of halogens is 1. The minimum absolute atomic E-state index is 0.212. The van der Waals surface area contributed by atoms with Crippen molar-refractivity contribution >= 4 is 34.1 Å². The van der Waals surface area contributed by atoms with Crippen molar-refractivity contribution in [2.24, 2.45) is 5.92 Å². The maximum atomic E-state index is 12.5. The maximum absolute atomic E-state index is 12.5. The summed E-state index contributed by atoms with van der Waals surface area (Å²) in [4.78, 5) is 19.3. The van der Waals surface area contributed by atoms with E-state index < -0.39 is 6.10 Å². The number of nitrogens with one attached hydrogen (secondary N) is 2. The van der Waals surface area contributed by atoms with Gasteiger partial charge in [0, 0.05) is 52.8 Å². The Labute approximate surface area is 245 Å². The molecular weight excluding hydrogens is 520 g/mol. The Bertz CT molecular complexity index is 1260. The second-order valence-corrected chi connectivity index (χ2v) is 9.65. The predicted molar refractivity (Wildman–Crippen MR) is 169 cm³/mol. The average Bonchev–Trinajstić information content (AvgIpc) is 3.83. The highest BCUT2D eigenvalue weighted by molar-refractivity contribution is 6.31. The number of likely N-dealkylation sites (N-methyl/N-ethyl adjacent to an activating group) is 1. The maximum Gasteiger partial charge on any atom is 0.251 e. The molecule has 4 rings (SSSR count). The molecule has 1 aliphatic carbocycles. The van der Waals surface area contributed by atoms with E-state index in [1.54, 1.807) is 12.1 Å². The Morgan fingerprint density at radius 2 is 1.75 bits per heavy atom. The van der Waals surface area contributed by atoms with Crippen molar-refractivity contribution in [3.05, 3.63) is 70.4 Å². The van der Waals surface area contributed by atoms with Crippen molar-refractivity contribution in [3.8, 4) is 11.8 Å². The highest BCUT2D eigenvalue weighted by atomic mass is 35.5. The number of pyridine rings is 1. The number of aliphatic hydroxyl groups is 1. The first kappa shape index (κ1) is 33.1. The van der Waals surface area contributed by atoms with Gasteiger partial charge >= 0.3 is 0 Å². The second-order valence-electron chi connectivity index (χ2n) is 9.21. The zero-order valence-electron chi connectivity index (χ0n) is 24.9. The summed E-state index contributed by atoms with van der Waals surface area (Å²) in [5, 5.41) is 19.1. The van der Waals surface area contributed by atoms with Gasteiger partial charge in [0.25, 0.3) is 5.91 Å². The molecule has 1 saturated carbocycles. The number of aromatic nitrogens is 1. The SMILES string of the molecule is CC.CC.CCN(CC)CC(O)CNC(=O)c1ccc(C#Cc2c(NCC3CC3)ncc3ccc(Cl)cc23)cc1. The molecule has 0 bridgehead atoms. The zero-order chi connectivity index (χ0) is 29.5. The van der Waals surface area contributed by atoms with Crippen LogP contribution in [0, 0.1) is 17.8 Å². The molecule has 40 heavy (non-hydrogen) atoms. The van der Waals surface area contributed by atoms with Crippen LogP contribution in [0.4, 0.5) is 5.82 Å². The number of hydrogen-bond donors (Lipinski definition) is 3. The van der Waals surface area contributed by atoms with Crippen molar-refractivity contribution in [2.45, 2.75) is 60.5 Å². The van der Waals surface area contributed by atoms with Gasteiger partial charge in [-0.25, -0.2) is 4.98 Å². The molecule has 1 aromatic heterocycles. The van der Waals surface area contributed by atoms with Crippen LogP contribution in [0.1, 0.15) is 75.9 Å². The largest absolute Gasteiger partial charge is 0.390 e. The highest BCUT2D eigenvalue weighted by Crippen LogP contribution is 2.31. The lowest BCUT2D eigenvalue weighted by Gasteiger charge is -2.22. The molecule has 2 aromatic carbocycles. The summed E-state index contributed by atoms with van der Waals surface area (Å²) in [6.45, 7) is 15.5. The van der Waals surface area contributed by atoms with Crippen LogP contribution in [-0.4, -0.2) is 59.7 Å². The molecule has 0 saturated heterocycles. The normalized spacial score (nSPS) is 12.7. The van der Waals surface area contributed by atoms with Crippen LogP contribution < -0.4 is 10.6 Å². The Morgan fingerprint density at radius 1 is 1.07 bits per heavy atom. The quantitative estimate of drug-likeness (QED) is 0.242. The molecule has 1 aliphatic rings. The number of hydrogen-bond acceptors (Lipinski definition) is 5. The molecular formula is C33H45ClN4O2. The van der Waals surface area contributed by atoms with Crippen molar-refractivity contribution in [2.75, 3.05) is 38.0 Å². The van der Waals surface area contributed by atoms with Crippen LogP contribution in [0.15, 0.2) is 48.7 Å². The van der Waals surface area contributed by atoms with Gasteiger partial charge in [-0.3, -0.25) is 4.79 Å². The Hall–Kier alpha value is -3.11. The van der Waals surface area contributed by atoms with E-state index in [9.17, 15) is 9.90 Å². The van der Waals surface area contributed by atoms with Crippen LogP contribution in [0.2, 0.25) is 5.02 Å². The third-order valence-electron chi connectivity index (χ3n) is 6.45. The first-order chi connectivity index (χ1) is 19.5.